The zero-order valence-electron chi connectivity index (χ0n) is 14.5. The number of hydrogen-bond donors (Lipinski definition) is 2. The molecule has 6 nitrogen and oxygen atoms in total. The highest BCUT2D eigenvalue weighted by atomic mass is 16.5. The Labute approximate surface area is 145 Å². The molecule has 0 unspecified atom stereocenters. The molecule has 0 radical (unpaired) electrons. The number of fused-ring (bicyclic) bond motifs is 1. The molecule has 2 heterocycles. The summed E-state index contributed by atoms with van der Waals surface area (Å²) in [5, 5.41) is 3.00. The second-order valence-corrected chi connectivity index (χ2v) is 6.54. The summed E-state index contributed by atoms with van der Waals surface area (Å²) in [4.78, 5) is 25.1. The molecule has 2 N–H and O–H groups in total. The quantitative estimate of drug-likeness (QED) is 0.761. The average Bonchev–Trinajstić information content (AvgIpc) is 3.35. The van der Waals surface area contributed by atoms with Crippen LogP contribution < -0.4 is 10.1 Å². The first kappa shape index (κ1) is 15.6. The van der Waals surface area contributed by atoms with Gasteiger partial charge in [-0.2, -0.15) is 0 Å². The fraction of sp³-hybridized carbons (Fsp3) is 0.316. The van der Waals surface area contributed by atoms with Crippen molar-refractivity contribution in [1.82, 2.24) is 15.0 Å². The third kappa shape index (κ3) is 2.73. The van der Waals surface area contributed by atoms with E-state index in [4.69, 9.17) is 4.74 Å². The Hall–Kier alpha value is -2.89. The van der Waals surface area contributed by atoms with Crippen molar-refractivity contribution in [1.29, 1.82) is 0 Å². The number of aryl methyl sites for hydroxylation is 2. The Morgan fingerprint density at radius 1 is 1.24 bits per heavy atom. The molecule has 1 amide bonds. The minimum atomic E-state index is -0.182. The Bertz CT molecular complexity index is 953. The molecular formula is C19H20N4O2. The normalized spacial score (nSPS) is 13.9. The lowest BCUT2D eigenvalue weighted by atomic mass is 10.1. The molecule has 1 aliphatic carbocycles. The van der Waals surface area contributed by atoms with Crippen molar-refractivity contribution < 1.29 is 9.53 Å². The standard InChI is InChI=1S/C19H20N4O2/c1-10-8-20-9-11(2)15(10)23-19(24)13-6-7-14(25-3)17-16(13)21-18(22-17)12-4-5-12/h6-9,12H,4-5H2,1-3H3,(H,21,22)(H,20,23,24). The summed E-state index contributed by atoms with van der Waals surface area (Å²) >= 11 is 0. The molecule has 6 heteroatoms. The molecule has 2 aromatic heterocycles. The van der Waals surface area contributed by atoms with Crippen molar-refractivity contribution in [2.45, 2.75) is 32.6 Å². The minimum Gasteiger partial charge on any atom is -0.494 e. The summed E-state index contributed by atoms with van der Waals surface area (Å²) in [6.45, 7) is 3.86. The number of imidazole rings is 1. The number of anilines is 1. The van der Waals surface area contributed by atoms with Crippen LogP contribution in [0.15, 0.2) is 24.5 Å². The van der Waals surface area contributed by atoms with E-state index < -0.39 is 0 Å². The first-order valence-corrected chi connectivity index (χ1v) is 8.37. The lowest BCUT2D eigenvalue weighted by molar-refractivity contribution is 0.102. The SMILES string of the molecule is COc1ccc(C(=O)Nc2c(C)cncc2C)c2nc(C3CC3)[nH]c12. The van der Waals surface area contributed by atoms with Gasteiger partial charge in [0.15, 0.2) is 0 Å². The molecule has 128 valence electrons. The number of carbonyl (C=O) groups excluding carboxylic acids is 1. The van der Waals surface area contributed by atoms with E-state index in [-0.39, 0.29) is 5.91 Å². The number of ether oxygens (including phenoxy) is 1. The van der Waals surface area contributed by atoms with Crippen LogP contribution in [0.4, 0.5) is 5.69 Å². The predicted octanol–water partition coefficient (Wildman–Crippen LogP) is 3.71. The Kier molecular flexibility index (Phi) is 3.67. The molecule has 0 bridgehead atoms. The third-order valence-electron chi connectivity index (χ3n) is 4.62. The van der Waals surface area contributed by atoms with Crippen molar-refractivity contribution >= 4 is 22.6 Å². The largest absolute Gasteiger partial charge is 0.494 e. The molecule has 0 atom stereocenters. The smallest absolute Gasteiger partial charge is 0.257 e. The molecule has 0 aliphatic heterocycles. The molecule has 3 aromatic rings. The average molecular weight is 336 g/mol. The zero-order valence-corrected chi connectivity index (χ0v) is 14.5. The number of nitrogens with zero attached hydrogens (tertiary/aromatic N) is 2. The van der Waals surface area contributed by atoms with Crippen molar-refractivity contribution in [3.8, 4) is 5.75 Å². The maximum Gasteiger partial charge on any atom is 0.257 e. The number of rotatable bonds is 4. The topological polar surface area (TPSA) is 79.9 Å². The zero-order chi connectivity index (χ0) is 17.6. The van der Waals surface area contributed by atoms with E-state index in [0.29, 0.717) is 22.7 Å². The van der Waals surface area contributed by atoms with E-state index in [2.05, 4.69) is 20.3 Å². The van der Waals surface area contributed by atoms with Crippen LogP contribution in [-0.2, 0) is 0 Å². The van der Waals surface area contributed by atoms with Gasteiger partial charge >= 0.3 is 0 Å². The van der Waals surface area contributed by atoms with Gasteiger partial charge in [0.2, 0.25) is 0 Å². The fourth-order valence-corrected chi connectivity index (χ4v) is 3.07. The second-order valence-electron chi connectivity index (χ2n) is 6.54. The van der Waals surface area contributed by atoms with Gasteiger partial charge in [-0.05, 0) is 49.9 Å². The van der Waals surface area contributed by atoms with Gasteiger partial charge in [-0.25, -0.2) is 4.98 Å². The monoisotopic (exact) mass is 336 g/mol. The highest BCUT2D eigenvalue weighted by molar-refractivity contribution is 6.12. The number of pyridine rings is 1. The minimum absolute atomic E-state index is 0.182. The second kappa shape index (κ2) is 5.88. The molecule has 1 saturated carbocycles. The number of methoxy groups -OCH3 is 1. The Balaban J connectivity index is 1.76. The van der Waals surface area contributed by atoms with Crippen LogP contribution in [0.5, 0.6) is 5.75 Å². The van der Waals surface area contributed by atoms with Crippen molar-refractivity contribution in [2.24, 2.45) is 0 Å². The maximum atomic E-state index is 12.9. The van der Waals surface area contributed by atoms with Crippen LogP contribution in [0.2, 0.25) is 0 Å². The molecule has 0 saturated heterocycles. The molecule has 1 fully saturated rings. The van der Waals surface area contributed by atoms with E-state index in [1.807, 2.05) is 13.8 Å². The number of aromatic nitrogens is 3. The Morgan fingerprint density at radius 3 is 2.60 bits per heavy atom. The van der Waals surface area contributed by atoms with Crippen LogP contribution in [0.3, 0.4) is 0 Å². The van der Waals surface area contributed by atoms with E-state index in [1.165, 1.54) is 0 Å². The highest BCUT2D eigenvalue weighted by Gasteiger charge is 2.28. The number of carbonyl (C=O) groups is 1. The summed E-state index contributed by atoms with van der Waals surface area (Å²) in [5.41, 5.74) is 4.62. The van der Waals surface area contributed by atoms with Crippen molar-refractivity contribution in [3.05, 3.63) is 47.0 Å². The van der Waals surface area contributed by atoms with Crippen LogP contribution in [0, 0.1) is 13.8 Å². The number of aromatic amines is 1. The van der Waals surface area contributed by atoms with Crippen molar-refractivity contribution in [3.63, 3.8) is 0 Å². The van der Waals surface area contributed by atoms with E-state index >= 15 is 0 Å². The predicted molar refractivity (Wildman–Crippen MR) is 96.3 cm³/mol. The van der Waals surface area contributed by atoms with E-state index in [9.17, 15) is 4.79 Å². The molecule has 0 spiro atoms. The lowest BCUT2D eigenvalue weighted by Gasteiger charge is -2.11. The first-order chi connectivity index (χ1) is 12.1. The van der Waals surface area contributed by atoms with Gasteiger partial charge < -0.3 is 15.0 Å². The summed E-state index contributed by atoms with van der Waals surface area (Å²) < 4.78 is 5.42. The molecule has 25 heavy (non-hydrogen) atoms. The molecule has 1 aromatic carbocycles. The molecular weight excluding hydrogens is 316 g/mol. The maximum absolute atomic E-state index is 12.9. The summed E-state index contributed by atoms with van der Waals surface area (Å²) in [6.07, 6.45) is 5.76. The van der Waals surface area contributed by atoms with Crippen LogP contribution in [0.1, 0.15) is 46.1 Å². The van der Waals surface area contributed by atoms with Gasteiger partial charge in [0.25, 0.3) is 5.91 Å². The highest BCUT2D eigenvalue weighted by Crippen LogP contribution is 2.40. The molecule has 4 rings (SSSR count). The van der Waals surface area contributed by atoms with Crippen molar-refractivity contribution in [2.75, 3.05) is 12.4 Å². The summed E-state index contributed by atoms with van der Waals surface area (Å²) in [7, 11) is 1.62. The van der Waals surface area contributed by atoms with E-state index in [0.717, 1.165) is 41.0 Å². The summed E-state index contributed by atoms with van der Waals surface area (Å²) in [5.74, 6) is 1.92. The number of nitrogens with one attached hydrogen (secondary N) is 2. The summed E-state index contributed by atoms with van der Waals surface area (Å²) in [6, 6.07) is 3.57. The number of hydrogen-bond acceptors (Lipinski definition) is 4. The lowest BCUT2D eigenvalue weighted by Crippen LogP contribution is -2.14. The van der Waals surface area contributed by atoms with Crippen LogP contribution in [-0.4, -0.2) is 28.0 Å². The van der Waals surface area contributed by atoms with Gasteiger partial charge in [0.05, 0.1) is 12.7 Å². The van der Waals surface area contributed by atoms with Crippen LogP contribution >= 0.6 is 0 Å². The third-order valence-corrected chi connectivity index (χ3v) is 4.62. The van der Waals surface area contributed by atoms with Gasteiger partial charge in [0.1, 0.15) is 22.6 Å². The van der Waals surface area contributed by atoms with Crippen LogP contribution in [0.25, 0.3) is 11.0 Å². The van der Waals surface area contributed by atoms with Gasteiger partial charge in [-0.3, -0.25) is 9.78 Å². The van der Waals surface area contributed by atoms with Gasteiger partial charge in [-0.1, -0.05) is 0 Å². The van der Waals surface area contributed by atoms with Gasteiger partial charge in [0, 0.05) is 24.0 Å². The number of H-pyrrole nitrogens is 1. The first-order valence-electron chi connectivity index (χ1n) is 8.37. The molecule has 1 aliphatic rings. The van der Waals surface area contributed by atoms with Gasteiger partial charge in [-0.15, -0.1) is 0 Å². The number of benzene rings is 1. The Morgan fingerprint density at radius 2 is 1.96 bits per heavy atom. The van der Waals surface area contributed by atoms with E-state index in [1.54, 1.807) is 31.6 Å². The fourth-order valence-electron chi connectivity index (χ4n) is 3.07. The number of amides is 1.